The van der Waals surface area contributed by atoms with Crippen LogP contribution in [-0.2, 0) is 9.47 Å². The summed E-state index contributed by atoms with van der Waals surface area (Å²) < 4.78 is 10.9. The Hall–Kier alpha value is -0.200. The molecule has 0 aliphatic carbocycles. The minimum absolute atomic E-state index is 0.314. The Morgan fingerprint density at radius 3 is 1.02 bits per heavy atom. The van der Waals surface area contributed by atoms with Crippen LogP contribution in [0.1, 0.15) is 194 Å². The lowest BCUT2D eigenvalue weighted by molar-refractivity contribution is -0.335. The zero-order valence-corrected chi connectivity index (χ0v) is 27.2. The molecular weight excluding hydrogens is 500 g/mol. The first-order valence-corrected chi connectivity index (χ1v) is 17.9. The summed E-state index contributed by atoms with van der Waals surface area (Å²) in [6.45, 7) is 4.54. The largest absolute Gasteiger partial charge is 0.391 e. The van der Waals surface area contributed by atoms with Gasteiger partial charge in [-0.1, -0.05) is 181 Å². The number of aliphatic hydroxyl groups excluding tert-OH is 2. The Bertz CT molecular complexity index is 475. The van der Waals surface area contributed by atoms with Crippen LogP contribution in [0.25, 0.3) is 0 Å². The van der Waals surface area contributed by atoms with Crippen molar-refractivity contribution in [3.05, 3.63) is 0 Å². The zero-order valence-electron chi connectivity index (χ0n) is 27.2. The van der Waals surface area contributed by atoms with E-state index in [0.717, 1.165) is 32.1 Å². The lowest BCUT2D eigenvalue weighted by atomic mass is 10.0. The highest BCUT2D eigenvalue weighted by Gasteiger charge is 2.37. The molecule has 0 heterocycles. The van der Waals surface area contributed by atoms with E-state index in [1.165, 1.54) is 148 Å². The molecule has 0 aromatic carbocycles. The van der Waals surface area contributed by atoms with Crippen molar-refractivity contribution < 1.29 is 24.8 Å². The van der Waals surface area contributed by atoms with Crippen LogP contribution < -0.4 is 0 Å². The molecule has 242 valence electrons. The fourth-order valence-electron chi connectivity index (χ4n) is 5.36. The molecular formula is C35H72O5. The Kier molecular flexibility index (Phi) is 31.6. The Labute approximate surface area is 250 Å². The van der Waals surface area contributed by atoms with Gasteiger partial charge in [0.1, 0.15) is 6.61 Å². The SMILES string of the molecule is CCCCCCCCCCCCCCCCOC(O)C(O)(CO)OCCCCCCCCCCCCCCCC. The lowest BCUT2D eigenvalue weighted by Crippen LogP contribution is -2.50. The van der Waals surface area contributed by atoms with Gasteiger partial charge in [0.2, 0.25) is 12.1 Å². The molecule has 5 nitrogen and oxygen atoms in total. The summed E-state index contributed by atoms with van der Waals surface area (Å²) in [5.74, 6) is -2.04. The molecule has 0 saturated heterocycles. The predicted molar refractivity (Wildman–Crippen MR) is 171 cm³/mol. The molecule has 0 amide bonds. The highest BCUT2D eigenvalue weighted by molar-refractivity contribution is 4.69. The second kappa shape index (κ2) is 31.7. The average Bonchev–Trinajstić information content (AvgIpc) is 2.96. The van der Waals surface area contributed by atoms with Gasteiger partial charge in [0.25, 0.3) is 0 Å². The molecule has 0 spiro atoms. The van der Waals surface area contributed by atoms with Crippen LogP contribution in [0.2, 0.25) is 0 Å². The third kappa shape index (κ3) is 26.7. The molecule has 2 unspecified atom stereocenters. The Morgan fingerprint density at radius 2 is 0.725 bits per heavy atom. The molecule has 0 aliphatic rings. The summed E-state index contributed by atoms with van der Waals surface area (Å²) in [4.78, 5) is 0. The van der Waals surface area contributed by atoms with Crippen LogP contribution in [0.3, 0.4) is 0 Å². The molecule has 0 aliphatic heterocycles. The van der Waals surface area contributed by atoms with Gasteiger partial charge in [-0.05, 0) is 12.8 Å². The molecule has 0 fully saturated rings. The third-order valence-corrected chi connectivity index (χ3v) is 8.24. The molecule has 5 heteroatoms. The van der Waals surface area contributed by atoms with E-state index in [1.807, 2.05) is 0 Å². The monoisotopic (exact) mass is 573 g/mol. The molecule has 0 aromatic heterocycles. The zero-order chi connectivity index (χ0) is 29.4. The van der Waals surface area contributed by atoms with Crippen molar-refractivity contribution in [3.63, 3.8) is 0 Å². The van der Waals surface area contributed by atoms with Gasteiger partial charge in [0.15, 0.2) is 0 Å². The molecule has 0 saturated carbocycles. The quantitative estimate of drug-likeness (QED) is 0.0528. The van der Waals surface area contributed by atoms with Gasteiger partial charge in [-0.2, -0.15) is 0 Å². The summed E-state index contributed by atoms with van der Waals surface area (Å²) in [7, 11) is 0. The van der Waals surface area contributed by atoms with Crippen molar-refractivity contribution in [1.82, 2.24) is 0 Å². The van der Waals surface area contributed by atoms with E-state index in [4.69, 9.17) is 9.47 Å². The van der Waals surface area contributed by atoms with E-state index in [2.05, 4.69) is 13.8 Å². The fraction of sp³-hybridized carbons (Fsp3) is 1.00. The van der Waals surface area contributed by atoms with Crippen molar-refractivity contribution in [2.75, 3.05) is 19.8 Å². The molecule has 0 bridgehead atoms. The average molecular weight is 573 g/mol. The number of hydrogen-bond donors (Lipinski definition) is 3. The third-order valence-electron chi connectivity index (χ3n) is 8.24. The highest BCUT2D eigenvalue weighted by Crippen LogP contribution is 2.18. The Balaban J connectivity index is 3.53. The number of unbranched alkanes of at least 4 members (excludes halogenated alkanes) is 26. The fourth-order valence-corrected chi connectivity index (χ4v) is 5.36. The standard InChI is InChI=1S/C35H72O5/c1-3-5-7-9-11-13-15-17-19-21-23-25-27-29-31-39-34(37)35(38,33-36)40-32-30-28-26-24-22-20-18-16-14-12-10-8-6-4-2/h34,36-38H,3-33H2,1-2H3. The van der Waals surface area contributed by atoms with E-state index in [9.17, 15) is 15.3 Å². The van der Waals surface area contributed by atoms with E-state index in [1.54, 1.807) is 0 Å². The summed E-state index contributed by atoms with van der Waals surface area (Å²) in [5, 5.41) is 30.3. The van der Waals surface area contributed by atoms with Gasteiger partial charge in [0.05, 0.1) is 6.61 Å². The molecule has 2 atom stereocenters. The van der Waals surface area contributed by atoms with Crippen LogP contribution >= 0.6 is 0 Å². The first-order chi connectivity index (χ1) is 19.6. The van der Waals surface area contributed by atoms with Gasteiger partial charge < -0.3 is 24.8 Å². The maximum atomic E-state index is 10.5. The van der Waals surface area contributed by atoms with Crippen molar-refractivity contribution in [1.29, 1.82) is 0 Å². The van der Waals surface area contributed by atoms with Crippen LogP contribution in [-0.4, -0.2) is 47.2 Å². The summed E-state index contributed by atoms with van der Waals surface area (Å²) in [5.41, 5.74) is 0. The van der Waals surface area contributed by atoms with Gasteiger partial charge in [-0.25, -0.2) is 0 Å². The second-order valence-corrected chi connectivity index (χ2v) is 12.3. The van der Waals surface area contributed by atoms with Gasteiger partial charge >= 0.3 is 0 Å². The lowest BCUT2D eigenvalue weighted by Gasteiger charge is -2.30. The first kappa shape index (κ1) is 39.8. The summed E-state index contributed by atoms with van der Waals surface area (Å²) in [6.07, 6.45) is 34.5. The minimum Gasteiger partial charge on any atom is -0.391 e. The number of ether oxygens (including phenoxy) is 2. The van der Waals surface area contributed by atoms with Crippen molar-refractivity contribution in [2.24, 2.45) is 0 Å². The van der Waals surface area contributed by atoms with Crippen molar-refractivity contribution >= 4 is 0 Å². The van der Waals surface area contributed by atoms with E-state index in [-0.39, 0.29) is 0 Å². The smallest absolute Gasteiger partial charge is 0.241 e. The Morgan fingerprint density at radius 1 is 0.450 bits per heavy atom. The number of rotatable bonds is 34. The topological polar surface area (TPSA) is 79.2 Å². The van der Waals surface area contributed by atoms with Crippen LogP contribution in [0.4, 0.5) is 0 Å². The summed E-state index contributed by atoms with van der Waals surface area (Å²) >= 11 is 0. The summed E-state index contributed by atoms with van der Waals surface area (Å²) in [6, 6.07) is 0. The number of aliphatic hydroxyl groups is 3. The van der Waals surface area contributed by atoms with Gasteiger partial charge in [0, 0.05) is 6.61 Å². The second-order valence-electron chi connectivity index (χ2n) is 12.3. The van der Waals surface area contributed by atoms with E-state index in [0.29, 0.717) is 13.2 Å². The van der Waals surface area contributed by atoms with Crippen LogP contribution in [0.15, 0.2) is 0 Å². The van der Waals surface area contributed by atoms with E-state index >= 15 is 0 Å². The van der Waals surface area contributed by atoms with Gasteiger partial charge in [-0.15, -0.1) is 0 Å². The number of hydrogen-bond acceptors (Lipinski definition) is 5. The van der Waals surface area contributed by atoms with Crippen LogP contribution in [0.5, 0.6) is 0 Å². The first-order valence-electron chi connectivity index (χ1n) is 17.9. The maximum Gasteiger partial charge on any atom is 0.241 e. The molecule has 0 radical (unpaired) electrons. The highest BCUT2D eigenvalue weighted by atomic mass is 16.7. The minimum atomic E-state index is -2.04. The molecule has 0 rings (SSSR count). The van der Waals surface area contributed by atoms with Crippen molar-refractivity contribution in [3.8, 4) is 0 Å². The normalized spacial score (nSPS) is 14.0. The van der Waals surface area contributed by atoms with Gasteiger partial charge in [-0.3, -0.25) is 0 Å². The van der Waals surface area contributed by atoms with Crippen LogP contribution in [0, 0.1) is 0 Å². The molecule has 0 aromatic rings. The molecule has 40 heavy (non-hydrogen) atoms. The predicted octanol–water partition coefficient (Wildman–Crippen LogP) is 9.98. The maximum absolute atomic E-state index is 10.5. The molecule has 3 N–H and O–H groups in total. The van der Waals surface area contributed by atoms with Crippen molar-refractivity contribution in [2.45, 2.75) is 206 Å². The van der Waals surface area contributed by atoms with E-state index < -0.39 is 18.7 Å².